The van der Waals surface area contributed by atoms with Crippen LogP contribution in [0.25, 0.3) is 0 Å². The van der Waals surface area contributed by atoms with Gasteiger partial charge in [-0.15, -0.1) is 11.3 Å². The van der Waals surface area contributed by atoms with E-state index < -0.39 is 11.9 Å². The van der Waals surface area contributed by atoms with Gasteiger partial charge in [0.1, 0.15) is 22.6 Å². The molecule has 7 nitrogen and oxygen atoms in total. The molecule has 1 aliphatic carbocycles. The lowest BCUT2D eigenvalue weighted by Gasteiger charge is -2.35. The Hall–Kier alpha value is -2.65. The zero-order valence-corrected chi connectivity index (χ0v) is 22.0. The fourth-order valence-electron chi connectivity index (χ4n) is 5.23. The maximum Gasteiger partial charge on any atom is 0.246 e. The summed E-state index contributed by atoms with van der Waals surface area (Å²) in [6.07, 6.45) is 6.75. The lowest BCUT2D eigenvalue weighted by atomic mass is 9.83. The minimum Gasteiger partial charge on any atom is -0.343 e. The summed E-state index contributed by atoms with van der Waals surface area (Å²) in [6, 6.07) is 4.29. The van der Waals surface area contributed by atoms with Crippen LogP contribution in [0.2, 0.25) is 0 Å². The van der Waals surface area contributed by atoms with Crippen LogP contribution in [0.4, 0.5) is 4.39 Å². The molecule has 1 saturated heterocycles. The summed E-state index contributed by atoms with van der Waals surface area (Å²) in [6.45, 7) is 4.24. The van der Waals surface area contributed by atoms with Crippen LogP contribution in [0.5, 0.6) is 0 Å². The standard InChI is InChI=1S/C27H35FN4O3S/c1-16(29-3)25(34)30-23(18-8-5-4-6-9-18)27(35)32-15-7-10-21(32)26-31-22(17(2)36-26)24(33)19-11-13-20(28)14-12-19/h11-14,16,18,21,23,29H,4-10,15H2,1-3H3,(H,30,34)/t16?,21-,23?/m0/s1. The monoisotopic (exact) mass is 514 g/mol. The highest BCUT2D eigenvalue weighted by Crippen LogP contribution is 2.37. The van der Waals surface area contributed by atoms with E-state index in [1.54, 1.807) is 14.0 Å². The highest BCUT2D eigenvalue weighted by atomic mass is 32.1. The van der Waals surface area contributed by atoms with E-state index in [1.165, 1.54) is 35.6 Å². The van der Waals surface area contributed by atoms with Crippen LogP contribution in [0.15, 0.2) is 24.3 Å². The Kier molecular flexibility index (Phi) is 8.51. The van der Waals surface area contributed by atoms with Crippen LogP contribution < -0.4 is 10.6 Å². The van der Waals surface area contributed by atoms with Gasteiger partial charge in [0.05, 0.1) is 12.1 Å². The molecule has 2 fully saturated rings. The highest BCUT2D eigenvalue weighted by molar-refractivity contribution is 7.12. The first-order valence-corrected chi connectivity index (χ1v) is 13.7. The number of likely N-dealkylation sites (tertiary alicyclic amines) is 1. The Labute approximate surface area is 215 Å². The zero-order chi connectivity index (χ0) is 25.8. The van der Waals surface area contributed by atoms with E-state index in [2.05, 4.69) is 15.6 Å². The van der Waals surface area contributed by atoms with E-state index >= 15 is 0 Å². The first-order chi connectivity index (χ1) is 17.3. The summed E-state index contributed by atoms with van der Waals surface area (Å²) in [4.78, 5) is 47.0. The van der Waals surface area contributed by atoms with E-state index in [9.17, 15) is 18.8 Å². The molecule has 36 heavy (non-hydrogen) atoms. The summed E-state index contributed by atoms with van der Waals surface area (Å²) in [7, 11) is 1.73. The second-order valence-electron chi connectivity index (χ2n) is 9.88. The zero-order valence-electron chi connectivity index (χ0n) is 21.2. The second kappa shape index (κ2) is 11.6. The number of nitrogens with zero attached hydrogens (tertiary/aromatic N) is 2. The van der Waals surface area contributed by atoms with Gasteiger partial charge in [0.25, 0.3) is 0 Å². The summed E-state index contributed by atoms with van der Waals surface area (Å²) in [5, 5.41) is 6.74. The number of nitrogens with one attached hydrogen (secondary N) is 2. The van der Waals surface area contributed by atoms with Crippen molar-refractivity contribution in [2.24, 2.45) is 5.92 Å². The van der Waals surface area contributed by atoms with Crippen LogP contribution in [0, 0.1) is 18.7 Å². The lowest BCUT2D eigenvalue weighted by Crippen LogP contribution is -2.55. The van der Waals surface area contributed by atoms with Crippen molar-refractivity contribution in [3.8, 4) is 0 Å². The van der Waals surface area contributed by atoms with E-state index in [-0.39, 0.29) is 35.6 Å². The molecule has 2 unspecified atom stereocenters. The fourth-order valence-corrected chi connectivity index (χ4v) is 6.30. The van der Waals surface area contributed by atoms with Crippen LogP contribution in [-0.4, -0.2) is 53.2 Å². The van der Waals surface area contributed by atoms with Crippen molar-refractivity contribution in [2.45, 2.75) is 76.9 Å². The molecule has 3 atom stereocenters. The highest BCUT2D eigenvalue weighted by Gasteiger charge is 2.40. The molecule has 0 spiro atoms. The number of halogens is 1. The first-order valence-electron chi connectivity index (χ1n) is 12.9. The first kappa shape index (κ1) is 26.4. The molecule has 1 aliphatic heterocycles. The molecule has 2 aliphatic rings. The molecular formula is C27H35FN4O3S. The number of carbonyl (C=O) groups is 3. The molecular weight excluding hydrogens is 479 g/mol. The smallest absolute Gasteiger partial charge is 0.246 e. The van der Waals surface area contributed by atoms with Gasteiger partial charge >= 0.3 is 0 Å². The Morgan fingerprint density at radius 1 is 1.08 bits per heavy atom. The van der Waals surface area contributed by atoms with Gasteiger partial charge in [-0.25, -0.2) is 9.37 Å². The van der Waals surface area contributed by atoms with E-state index in [0.29, 0.717) is 17.8 Å². The van der Waals surface area contributed by atoms with Gasteiger partial charge in [-0.1, -0.05) is 19.3 Å². The summed E-state index contributed by atoms with van der Waals surface area (Å²) < 4.78 is 13.3. The third-order valence-electron chi connectivity index (χ3n) is 7.47. The number of thiazole rings is 1. The molecule has 2 aromatic rings. The van der Waals surface area contributed by atoms with Crippen LogP contribution in [-0.2, 0) is 9.59 Å². The quantitative estimate of drug-likeness (QED) is 0.517. The van der Waals surface area contributed by atoms with Gasteiger partial charge in [0.15, 0.2) is 0 Å². The van der Waals surface area contributed by atoms with Gasteiger partial charge in [0, 0.05) is 17.0 Å². The molecule has 0 bridgehead atoms. The topological polar surface area (TPSA) is 91.4 Å². The number of likely N-dealkylation sites (N-methyl/N-ethyl adjacent to an activating group) is 1. The van der Waals surface area contributed by atoms with Gasteiger partial charge in [-0.2, -0.15) is 0 Å². The average Bonchev–Trinajstić information content (AvgIpc) is 3.53. The molecule has 194 valence electrons. The van der Waals surface area contributed by atoms with Crippen molar-refractivity contribution in [1.82, 2.24) is 20.5 Å². The minimum atomic E-state index is -0.560. The van der Waals surface area contributed by atoms with Crippen molar-refractivity contribution in [3.63, 3.8) is 0 Å². The predicted octanol–water partition coefficient (Wildman–Crippen LogP) is 4.16. The molecule has 2 amide bonds. The number of ketones is 1. The van der Waals surface area contributed by atoms with E-state index in [1.807, 2.05) is 11.8 Å². The van der Waals surface area contributed by atoms with Crippen LogP contribution >= 0.6 is 11.3 Å². The second-order valence-corrected chi connectivity index (χ2v) is 11.1. The number of hydrogen-bond donors (Lipinski definition) is 2. The Bertz CT molecular complexity index is 1100. The van der Waals surface area contributed by atoms with Gasteiger partial charge in [-0.05, 0) is 76.8 Å². The maximum atomic E-state index is 13.9. The number of hydrogen-bond acceptors (Lipinski definition) is 6. The molecule has 1 aromatic heterocycles. The summed E-state index contributed by atoms with van der Waals surface area (Å²) >= 11 is 1.43. The van der Waals surface area contributed by atoms with E-state index in [0.717, 1.165) is 54.8 Å². The Balaban J connectivity index is 1.57. The number of aryl methyl sites for hydroxylation is 1. The van der Waals surface area contributed by atoms with Crippen molar-refractivity contribution in [1.29, 1.82) is 0 Å². The van der Waals surface area contributed by atoms with E-state index in [4.69, 9.17) is 0 Å². The molecule has 2 heterocycles. The Morgan fingerprint density at radius 2 is 1.78 bits per heavy atom. The molecule has 2 N–H and O–H groups in total. The van der Waals surface area contributed by atoms with Crippen molar-refractivity contribution < 1.29 is 18.8 Å². The van der Waals surface area contributed by atoms with Crippen LogP contribution in [0.1, 0.15) is 83.8 Å². The van der Waals surface area contributed by atoms with Crippen molar-refractivity contribution in [3.05, 3.63) is 51.2 Å². The van der Waals surface area contributed by atoms with Gasteiger partial charge < -0.3 is 15.5 Å². The number of aromatic nitrogens is 1. The molecule has 0 radical (unpaired) electrons. The van der Waals surface area contributed by atoms with Crippen LogP contribution in [0.3, 0.4) is 0 Å². The third kappa shape index (κ3) is 5.67. The molecule has 1 aromatic carbocycles. The minimum absolute atomic E-state index is 0.0553. The average molecular weight is 515 g/mol. The molecule has 9 heteroatoms. The Morgan fingerprint density at radius 3 is 2.44 bits per heavy atom. The maximum absolute atomic E-state index is 13.9. The number of rotatable bonds is 8. The van der Waals surface area contributed by atoms with Crippen molar-refractivity contribution >= 4 is 28.9 Å². The lowest BCUT2D eigenvalue weighted by molar-refractivity contribution is -0.139. The summed E-state index contributed by atoms with van der Waals surface area (Å²) in [5.74, 6) is -0.755. The number of amides is 2. The fraction of sp³-hybridized carbons (Fsp3) is 0.556. The third-order valence-corrected chi connectivity index (χ3v) is 8.54. The van der Waals surface area contributed by atoms with Gasteiger partial charge in [0.2, 0.25) is 17.6 Å². The van der Waals surface area contributed by atoms with Gasteiger partial charge in [-0.3, -0.25) is 14.4 Å². The van der Waals surface area contributed by atoms with Crippen molar-refractivity contribution in [2.75, 3.05) is 13.6 Å². The number of carbonyl (C=O) groups excluding carboxylic acids is 3. The molecule has 1 saturated carbocycles. The predicted molar refractivity (Wildman–Crippen MR) is 137 cm³/mol. The largest absolute Gasteiger partial charge is 0.343 e. The summed E-state index contributed by atoms with van der Waals surface area (Å²) in [5.41, 5.74) is 0.732. The molecule has 4 rings (SSSR count). The normalized spacial score (nSPS) is 20.2. The number of benzene rings is 1. The SMILES string of the molecule is CNC(C)C(=O)NC(C(=O)N1CCC[C@H]1c1nc(C(=O)c2ccc(F)cc2)c(C)s1)C1CCCCC1.